The van der Waals surface area contributed by atoms with Gasteiger partial charge in [0, 0.05) is 18.8 Å². The number of carbonyl (C=O) groups is 2. The first-order chi connectivity index (χ1) is 15.1. The average molecular weight is 428 g/mol. The summed E-state index contributed by atoms with van der Waals surface area (Å²) in [6.07, 6.45) is 2.51. The number of amides is 2. The maximum absolute atomic E-state index is 13.4. The van der Waals surface area contributed by atoms with E-state index >= 15 is 0 Å². The zero-order valence-electron chi connectivity index (χ0n) is 18.1. The van der Waals surface area contributed by atoms with Crippen LogP contribution in [0.25, 0.3) is 0 Å². The van der Waals surface area contributed by atoms with Crippen molar-refractivity contribution in [2.75, 3.05) is 36.4 Å². The van der Waals surface area contributed by atoms with Crippen LogP contribution in [0.1, 0.15) is 33.1 Å². The Labute approximate surface area is 183 Å². The van der Waals surface area contributed by atoms with Gasteiger partial charge in [0.1, 0.15) is 11.6 Å². The smallest absolute Gasteiger partial charge is 0.265 e. The Kier molecular flexibility index (Phi) is 7.87. The molecule has 0 radical (unpaired) electrons. The van der Waals surface area contributed by atoms with E-state index in [2.05, 4.69) is 5.32 Å². The molecule has 0 aliphatic carbocycles. The van der Waals surface area contributed by atoms with Crippen molar-refractivity contribution in [2.45, 2.75) is 39.2 Å². The minimum Gasteiger partial charge on any atom is -0.477 e. The molecule has 0 saturated carbocycles. The molecular formula is C24H30FN3O3. The van der Waals surface area contributed by atoms with Gasteiger partial charge in [0.15, 0.2) is 6.10 Å². The molecule has 2 aromatic rings. The molecule has 166 valence electrons. The van der Waals surface area contributed by atoms with Crippen LogP contribution in [0.15, 0.2) is 48.5 Å². The summed E-state index contributed by atoms with van der Waals surface area (Å²) in [5.41, 5.74) is 1.17. The normalized spacial score (nSPS) is 17.6. The fourth-order valence-corrected chi connectivity index (χ4v) is 3.84. The van der Waals surface area contributed by atoms with Gasteiger partial charge in [-0.25, -0.2) is 4.39 Å². The van der Waals surface area contributed by atoms with E-state index in [-0.39, 0.29) is 18.4 Å². The zero-order chi connectivity index (χ0) is 22.2. The Morgan fingerprint density at radius 1 is 1.06 bits per heavy atom. The molecule has 4 rings (SSSR count). The maximum atomic E-state index is 13.4. The van der Waals surface area contributed by atoms with Crippen LogP contribution in [0.4, 0.5) is 15.8 Å². The molecule has 0 spiro atoms. The molecule has 2 aliphatic heterocycles. The van der Waals surface area contributed by atoms with E-state index in [0.717, 1.165) is 38.0 Å². The number of ether oxygens (including phenoxy) is 1. The molecule has 1 unspecified atom stereocenters. The highest BCUT2D eigenvalue weighted by Gasteiger charge is 2.34. The Balaban J connectivity index is 0.00000132. The van der Waals surface area contributed by atoms with Crippen LogP contribution in [-0.4, -0.2) is 49.0 Å². The Morgan fingerprint density at radius 3 is 2.55 bits per heavy atom. The van der Waals surface area contributed by atoms with Crippen molar-refractivity contribution in [3.05, 3.63) is 54.3 Å². The minimum absolute atomic E-state index is 0.0326. The van der Waals surface area contributed by atoms with Gasteiger partial charge in [0.25, 0.3) is 5.91 Å². The van der Waals surface area contributed by atoms with Gasteiger partial charge in [-0.15, -0.1) is 0 Å². The first-order valence-electron chi connectivity index (χ1n) is 10.9. The summed E-state index contributed by atoms with van der Waals surface area (Å²) in [6.45, 7) is 5.84. The Hall–Kier alpha value is -3.09. The van der Waals surface area contributed by atoms with Crippen LogP contribution in [-0.2, 0) is 9.59 Å². The van der Waals surface area contributed by atoms with Crippen LogP contribution < -0.4 is 15.0 Å². The SMILES string of the molecule is CC.O=C(CN1CC(C(=O)N2CCCCC2)Oc2ccccc21)Nc1cccc(F)c1. The molecule has 2 heterocycles. The number of hydrogen-bond acceptors (Lipinski definition) is 4. The molecule has 1 saturated heterocycles. The number of piperidine rings is 1. The molecule has 0 aromatic heterocycles. The summed E-state index contributed by atoms with van der Waals surface area (Å²) in [5, 5.41) is 2.71. The lowest BCUT2D eigenvalue weighted by molar-refractivity contribution is -0.139. The molecule has 0 bridgehead atoms. The van der Waals surface area contributed by atoms with Crippen LogP contribution in [0, 0.1) is 5.82 Å². The van der Waals surface area contributed by atoms with E-state index in [9.17, 15) is 14.0 Å². The van der Waals surface area contributed by atoms with E-state index in [4.69, 9.17) is 4.74 Å². The van der Waals surface area contributed by atoms with Crippen LogP contribution in [0.5, 0.6) is 5.75 Å². The van der Waals surface area contributed by atoms with Crippen molar-refractivity contribution < 1.29 is 18.7 Å². The number of para-hydroxylation sites is 2. The van der Waals surface area contributed by atoms with Crippen molar-refractivity contribution in [2.24, 2.45) is 0 Å². The minimum atomic E-state index is -0.648. The highest BCUT2D eigenvalue weighted by molar-refractivity contribution is 5.95. The first-order valence-corrected chi connectivity index (χ1v) is 10.9. The standard InChI is InChI=1S/C22H24FN3O3.C2H6/c23-16-7-6-8-17(13-16)24-21(27)15-26-14-20(22(28)25-11-4-1-5-12-25)29-19-10-3-2-9-18(19)26;1-2/h2-3,6-10,13,20H,1,4-5,11-12,14-15H2,(H,24,27);1-2H3. The number of benzene rings is 2. The van der Waals surface area contributed by atoms with Crippen molar-refractivity contribution in [1.29, 1.82) is 0 Å². The predicted octanol–water partition coefficient (Wildman–Crippen LogP) is 4.07. The lowest BCUT2D eigenvalue weighted by Gasteiger charge is -2.38. The second-order valence-corrected chi connectivity index (χ2v) is 7.40. The van der Waals surface area contributed by atoms with Crippen LogP contribution in [0.2, 0.25) is 0 Å². The Morgan fingerprint density at radius 2 is 1.81 bits per heavy atom. The summed E-state index contributed by atoms with van der Waals surface area (Å²) in [7, 11) is 0. The summed E-state index contributed by atoms with van der Waals surface area (Å²) < 4.78 is 19.3. The average Bonchev–Trinajstić information content (AvgIpc) is 2.80. The number of anilines is 2. The third-order valence-electron chi connectivity index (χ3n) is 5.25. The number of nitrogens with one attached hydrogen (secondary N) is 1. The van der Waals surface area contributed by atoms with Gasteiger partial charge in [0.2, 0.25) is 5.91 Å². The molecule has 1 fully saturated rings. The lowest BCUT2D eigenvalue weighted by Crippen LogP contribution is -2.52. The molecule has 1 N–H and O–H groups in total. The summed E-state index contributed by atoms with van der Waals surface area (Å²) in [4.78, 5) is 29.2. The number of likely N-dealkylation sites (tertiary alicyclic amines) is 1. The summed E-state index contributed by atoms with van der Waals surface area (Å²) >= 11 is 0. The predicted molar refractivity (Wildman–Crippen MR) is 120 cm³/mol. The van der Waals surface area contributed by atoms with Gasteiger partial charge < -0.3 is 19.9 Å². The first kappa shape index (κ1) is 22.6. The van der Waals surface area contributed by atoms with Gasteiger partial charge in [0.05, 0.1) is 18.8 Å². The maximum Gasteiger partial charge on any atom is 0.265 e. The molecule has 31 heavy (non-hydrogen) atoms. The summed E-state index contributed by atoms with van der Waals surface area (Å²) in [6, 6.07) is 13.2. The Bertz CT molecular complexity index is 899. The molecule has 7 heteroatoms. The molecule has 2 aromatic carbocycles. The fraction of sp³-hybridized carbons (Fsp3) is 0.417. The van der Waals surface area contributed by atoms with Crippen molar-refractivity contribution in [3.8, 4) is 5.75 Å². The van der Waals surface area contributed by atoms with Crippen molar-refractivity contribution in [3.63, 3.8) is 0 Å². The van der Waals surface area contributed by atoms with Crippen molar-refractivity contribution >= 4 is 23.2 Å². The van der Waals surface area contributed by atoms with Crippen LogP contribution in [0.3, 0.4) is 0 Å². The highest BCUT2D eigenvalue weighted by atomic mass is 19.1. The largest absolute Gasteiger partial charge is 0.477 e. The number of carbonyl (C=O) groups excluding carboxylic acids is 2. The summed E-state index contributed by atoms with van der Waals surface area (Å²) in [5.74, 6) is -0.134. The lowest BCUT2D eigenvalue weighted by atomic mass is 10.1. The van der Waals surface area contributed by atoms with E-state index in [1.54, 1.807) is 12.1 Å². The van der Waals surface area contributed by atoms with E-state index in [0.29, 0.717) is 18.0 Å². The number of hydrogen-bond donors (Lipinski definition) is 1. The van der Waals surface area contributed by atoms with Gasteiger partial charge in [-0.1, -0.05) is 32.0 Å². The zero-order valence-corrected chi connectivity index (χ0v) is 18.1. The molecule has 2 amide bonds. The second kappa shape index (κ2) is 10.8. The molecule has 1 atom stereocenters. The third-order valence-corrected chi connectivity index (χ3v) is 5.25. The quantitative estimate of drug-likeness (QED) is 0.799. The van der Waals surface area contributed by atoms with Gasteiger partial charge in [-0.2, -0.15) is 0 Å². The van der Waals surface area contributed by atoms with Gasteiger partial charge in [-0.3, -0.25) is 9.59 Å². The van der Waals surface area contributed by atoms with E-state index in [1.165, 1.54) is 12.1 Å². The van der Waals surface area contributed by atoms with E-state index < -0.39 is 11.9 Å². The van der Waals surface area contributed by atoms with Crippen LogP contribution >= 0.6 is 0 Å². The van der Waals surface area contributed by atoms with E-state index in [1.807, 2.05) is 47.9 Å². The van der Waals surface area contributed by atoms with Gasteiger partial charge >= 0.3 is 0 Å². The number of nitrogens with zero attached hydrogens (tertiary/aromatic N) is 2. The third kappa shape index (κ3) is 5.75. The molecule has 6 nitrogen and oxygen atoms in total. The number of rotatable bonds is 4. The monoisotopic (exact) mass is 427 g/mol. The topological polar surface area (TPSA) is 61.9 Å². The number of halogens is 1. The molecular weight excluding hydrogens is 397 g/mol. The van der Waals surface area contributed by atoms with Crippen molar-refractivity contribution in [1.82, 2.24) is 4.90 Å². The molecule has 2 aliphatic rings. The number of fused-ring (bicyclic) bond motifs is 1. The second-order valence-electron chi connectivity index (χ2n) is 7.40. The van der Waals surface area contributed by atoms with Gasteiger partial charge in [-0.05, 0) is 49.6 Å². The fourth-order valence-electron chi connectivity index (χ4n) is 3.84. The highest BCUT2D eigenvalue weighted by Crippen LogP contribution is 2.33.